The molecule has 1 aromatic carbocycles. The fourth-order valence-corrected chi connectivity index (χ4v) is 2.29. The van der Waals surface area contributed by atoms with Crippen LogP contribution in [0.15, 0.2) is 24.3 Å². The Bertz CT molecular complexity index is 438. The number of esters is 1. The molecule has 0 amide bonds. The highest BCUT2D eigenvalue weighted by Gasteiger charge is 2.27. The molecule has 0 spiro atoms. The summed E-state index contributed by atoms with van der Waals surface area (Å²) in [6.07, 6.45) is 5.01. The number of ether oxygens (including phenoxy) is 2. The third-order valence-electron chi connectivity index (χ3n) is 3.71. The molecule has 118 valence electrons. The van der Waals surface area contributed by atoms with E-state index < -0.39 is 5.41 Å². The molecule has 0 heterocycles. The second-order valence-corrected chi connectivity index (χ2v) is 6.04. The normalized spacial score (nSPS) is 11.2. The Labute approximate surface area is 128 Å². The maximum absolute atomic E-state index is 11.6. The van der Waals surface area contributed by atoms with E-state index >= 15 is 0 Å². The van der Waals surface area contributed by atoms with Gasteiger partial charge in [-0.3, -0.25) is 4.79 Å². The molecule has 3 heteroatoms. The number of carbonyl (C=O) groups excluding carboxylic acids is 1. The Balaban J connectivity index is 2.44. The quantitative estimate of drug-likeness (QED) is 0.500. The van der Waals surface area contributed by atoms with Crippen LogP contribution in [-0.4, -0.2) is 19.7 Å². The molecule has 0 aliphatic heterocycles. The van der Waals surface area contributed by atoms with Crippen molar-refractivity contribution in [3.8, 4) is 5.75 Å². The zero-order chi connectivity index (χ0) is 15.7. The molecule has 1 aromatic rings. The number of carbonyl (C=O) groups is 1. The van der Waals surface area contributed by atoms with Gasteiger partial charge in [0.15, 0.2) is 0 Å². The third kappa shape index (κ3) is 5.78. The number of aryl methyl sites for hydroxylation is 1. The van der Waals surface area contributed by atoms with E-state index in [0.717, 1.165) is 25.0 Å². The molecule has 0 aliphatic rings. The molecular weight excluding hydrogens is 264 g/mol. The monoisotopic (exact) mass is 292 g/mol. The number of rotatable bonds is 9. The van der Waals surface area contributed by atoms with E-state index in [1.807, 2.05) is 26.0 Å². The van der Waals surface area contributed by atoms with E-state index in [9.17, 15) is 4.79 Å². The summed E-state index contributed by atoms with van der Waals surface area (Å²) >= 11 is 0. The largest absolute Gasteiger partial charge is 0.493 e. The van der Waals surface area contributed by atoms with Crippen LogP contribution in [0.1, 0.15) is 52.0 Å². The van der Waals surface area contributed by atoms with Gasteiger partial charge in [-0.15, -0.1) is 0 Å². The van der Waals surface area contributed by atoms with E-state index in [2.05, 4.69) is 19.1 Å². The van der Waals surface area contributed by atoms with Crippen LogP contribution in [0.5, 0.6) is 5.75 Å². The molecule has 21 heavy (non-hydrogen) atoms. The average Bonchev–Trinajstić information content (AvgIpc) is 2.49. The molecule has 0 saturated heterocycles. The second-order valence-electron chi connectivity index (χ2n) is 6.04. The summed E-state index contributed by atoms with van der Waals surface area (Å²) in [6.45, 7) is 6.64. The standard InChI is InChI=1S/C18H28O3/c1-5-6-10-15-11-7-8-12-16(15)21-14-9-13-18(2,3)17(19)20-4/h7-8,11-12H,5-6,9-10,13-14H2,1-4H3. The molecule has 0 bridgehead atoms. The first-order chi connectivity index (χ1) is 10.0. The van der Waals surface area contributed by atoms with Crippen molar-refractivity contribution in [2.45, 2.75) is 52.9 Å². The van der Waals surface area contributed by atoms with Gasteiger partial charge in [-0.05, 0) is 51.2 Å². The summed E-state index contributed by atoms with van der Waals surface area (Å²) < 4.78 is 10.7. The number of para-hydroxylation sites is 1. The highest BCUT2D eigenvalue weighted by atomic mass is 16.5. The van der Waals surface area contributed by atoms with Crippen LogP contribution in [0, 0.1) is 5.41 Å². The van der Waals surface area contributed by atoms with Gasteiger partial charge in [-0.25, -0.2) is 0 Å². The highest BCUT2D eigenvalue weighted by Crippen LogP contribution is 2.25. The van der Waals surface area contributed by atoms with Crippen molar-refractivity contribution in [1.82, 2.24) is 0 Å². The van der Waals surface area contributed by atoms with Gasteiger partial charge < -0.3 is 9.47 Å². The highest BCUT2D eigenvalue weighted by molar-refractivity contribution is 5.75. The summed E-state index contributed by atoms with van der Waals surface area (Å²) in [5.41, 5.74) is 0.825. The smallest absolute Gasteiger partial charge is 0.311 e. The van der Waals surface area contributed by atoms with E-state index in [-0.39, 0.29) is 5.97 Å². The molecule has 1 rings (SSSR count). The molecule has 0 aliphatic carbocycles. The Morgan fingerprint density at radius 3 is 2.57 bits per heavy atom. The number of hydrogen-bond acceptors (Lipinski definition) is 3. The predicted octanol–water partition coefficient (Wildman–Crippen LogP) is 4.39. The van der Waals surface area contributed by atoms with E-state index in [0.29, 0.717) is 6.61 Å². The summed E-state index contributed by atoms with van der Waals surface area (Å²) in [4.78, 5) is 11.6. The summed E-state index contributed by atoms with van der Waals surface area (Å²) in [5.74, 6) is 0.813. The van der Waals surface area contributed by atoms with E-state index in [1.165, 1.54) is 25.5 Å². The molecule has 0 radical (unpaired) electrons. The Morgan fingerprint density at radius 2 is 1.90 bits per heavy atom. The molecule has 0 fully saturated rings. The van der Waals surface area contributed by atoms with Crippen LogP contribution in [0.4, 0.5) is 0 Å². The van der Waals surface area contributed by atoms with Crippen molar-refractivity contribution < 1.29 is 14.3 Å². The fraction of sp³-hybridized carbons (Fsp3) is 0.611. The van der Waals surface area contributed by atoms with Gasteiger partial charge in [-0.1, -0.05) is 31.5 Å². The lowest BCUT2D eigenvalue weighted by molar-refractivity contribution is -0.151. The van der Waals surface area contributed by atoms with Crippen molar-refractivity contribution in [1.29, 1.82) is 0 Å². The van der Waals surface area contributed by atoms with Crippen molar-refractivity contribution >= 4 is 5.97 Å². The van der Waals surface area contributed by atoms with Gasteiger partial charge in [0.2, 0.25) is 0 Å². The molecule has 0 saturated carbocycles. The SMILES string of the molecule is CCCCc1ccccc1OCCCC(C)(C)C(=O)OC. The second kappa shape index (κ2) is 8.71. The number of unbranched alkanes of at least 4 members (excludes halogenated alkanes) is 1. The Kier molecular flexibility index (Phi) is 7.27. The van der Waals surface area contributed by atoms with E-state index in [1.54, 1.807) is 0 Å². The van der Waals surface area contributed by atoms with Crippen LogP contribution < -0.4 is 4.74 Å². The Hall–Kier alpha value is -1.51. The summed E-state index contributed by atoms with van der Waals surface area (Å²) in [7, 11) is 1.44. The summed E-state index contributed by atoms with van der Waals surface area (Å²) in [5, 5.41) is 0. The first-order valence-corrected chi connectivity index (χ1v) is 7.80. The van der Waals surface area contributed by atoms with Crippen LogP contribution in [0.25, 0.3) is 0 Å². The first kappa shape index (κ1) is 17.5. The summed E-state index contributed by atoms with van der Waals surface area (Å²) in [6, 6.07) is 8.21. The predicted molar refractivity (Wildman–Crippen MR) is 85.6 cm³/mol. The van der Waals surface area contributed by atoms with Gasteiger partial charge in [-0.2, -0.15) is 0 Å². The van der Waals surface area contributed by atoms with Gasteiger partial charge >= 0.3 is 5.97 Å². The number of hydrogen-bond donors (Lipinski definition) is 0. The number of benzene rings is 1. The van der Waals surface area contributed by atoms with Crippen molar-refractivity contribution in [2.75, 3.05) is 13.7 Å². The lowest BCUT2D eigenvalue weighted by atomic mass is 9.88. The minimum absolute atomic E-state index is 0.161. The molecule has 0 atom stereocenters. The van der Waals surface area contributed by atoms with E-state index in [4.69, 9.17) is 9.47 Å². The average molecular weight is 292 g/mol. The first-order valence-electron chi connectivity index (χ1n) is 7.80. The zero-order valence-corrected chi connectivity index (χ0v) is 13.8. The third-order valence-corrected chi connectivity index (χ3v) is 3.71. The lowest BCUT2D eigenvalue weighted by Gasteiger charge is -2.21. The van der Waals surface area contributed by atoms with Gasteiger partial charge in [0.1, 0.15) is 5.75 Å². The lowest BCUT2D eigenvalue weighted by Crippen LogP contribution is -2.26. The molecular formula is C18H28O3. The van der Waals surface area contributed by atoms with Crippen molar-refractivity contribution in [3.63, 3.8) is 0 Å². The molecule has 0 aromatic heterocycles. The Morgan fingerprint density at radius 1 is 1.19 bits per heavy atom. The maximum Gasteiger partial charge on any atom is 0.311 e. The van der Waals surface area contributed by atoms with Crippen molar-refractivity contribution in [2.24, 2.45) is 5.41 Å². The number of methoxy groups -OCH3 is 1. The molecule has 3 nitrogen and oxygen atoms in total. The van der Waals surface area contributed by atoms with Gasteiger partial charge in [0, 0.05) is 0 Å². The van der Waals surface area contributed by atoms with Crippen LogP contribution in [0.3, 0.4) is 0 Å². The molecule has 0 N–H and O–H groups in total. The van der Waals surface area contributed by atoms with Crippen LogP contribution in [0.2, 0.25) is 0 Å². The fourth-order valence-electron chi connectivity index (χ4n) is 2.29. The van der Waals surface area contributed by atoms with Gasteiger partial charge in [0.05, 0.1) is 19.1 Å². The van der Waals surface area contributed by atoms with Crippen molar-refractivity contribution in [3.05, 3.63) is 29.8 Å². The molecule has 0 unspecified atom stereocenters. The van der Waals surface area contributed by atoms with Crippen LogP contribution in [-0.2, 0) is 16.0 Å². The minimum atomic E-state index is -0.445. The van der Waals surface area contributed by atoms with Crippen LogP contribution >= 0.6 is 0 Å². The topological polar surface area (TPSA) is 35.5 Å². The van der Waals surface area contributed by atoms with Gasteiger partial charge in [0.25, 0.3) is 0 Å². The minimum Gasteiger partial charge on any atom is -0.493 e. The maximum atomic E-state index is 11.6. The zero-order valence-electron chi connectivity index (χ0n) is 13.8.